The highest BCUT2D eigenvalue weighted by molar-refractivity contribution is 5.87. The van der Waals surface area contributed by atoms with Crippen molar-refractivity contribution < 1.29 is 14.7 Å². The van der Waals surface area contributed by atoms with E-state index in [1.165, 1.54) is 38.5 Å². The van der Waals surface area contributed by atoms with Gasteiger partial charge in [-0.15, -0.1) is 0 Å². The van der Waals surface area contributed by atoms with Gasteiger partial charge in [-0.25, -0.2) is 0 Å². The maximum Gasteiger partial charge on any atom is 0.243 e. The second-order valence-electron chi connectivity index (χ2n) is 8.36. The minimum atomic E-state index is -0.0321. The third kappa shape index (κ3) is 21.6. The van der Waals surface area contributed by atoms with E-state index >= 15 is 0 Å². The Bertz CT molecular complexity index is 465. The first-order valence-electron chi connectivity index (χ1n) is 12.9. The van der Waals surface area contributed by atoms with Crippen LogP contribution in [0, 0.1) is 0 Å². The highest BCUT2D eigenvalue weighted by atomic mass is 16.3. The largest absolute Gasteiger partial charge is 0.395 e. The zero-order valence-electron chi connectivity index (χ0n) is 20.7. The van der Waals surface area contributed by atoms with Crippen molar-refractivity contribution in [2.75, 3.05) is 39.3 Å². The zero-order valence-corrected chi connectivity index (χ0v) is 20.7. The van der Waals surface area contributed by atoms with Crippen molar-refractivity contribution in [1.82, 2.24) is 15.5 Å². The van der Waals surface area contributed by atoms with Gasteiger partial charge in [0.25, 0.3) is 0 Å². The Balaban J connectivity index is 3.82. The van der Waals surface area contributed by atoms with E-state index in [1.54, 1.807) is 12.2 Å². The average Bonchev–Trinajstić information content (AvgIpc) is 2.78. The number of amides is 2. The number of hydrogen-bond acceptors (Lipinski definition) is 4. The lowest BCUT2D eigenvalue weighted by atomic mass is 10.1. The topological polar surface area (TPSA) is 81.7 Å². The van der Waals surface area contributed by atoms with Crippen LogP contribution in [0.1, 0.15) is 90.9 Å². The number of aliphatic hydroxyl groups excluding tert-OH is 1. The van der Waals surface area contributed by atoms with E-state index in [2.05, 4.69) is 29.4 Å². The van der Waals surface area contributed by atoms with Gasteiger partial charge in [0.15, 0.2) is 0 Å². The fourth-order valence-electron chi connectivity index (χ4n) is 3.38. The summed E-state index contributed by atoms with van der Waals surface area (Å²) >= 11 is 0. The molecule has 0 unspecified atom stereocenters. The number of carbonyl (C=O) groups is 2. The molecule has 0 saturated carbocycles. The van der Waals surface area contributed by atoms with Crippen LogP contribution < -0.4 is 10.6 Å². The Labute approximate surface area is 196 Å². The SMILES string of the molecule is CCCCCC/C=C/C(=O)NCCCN(CCO)CCCNC(=O)/C=C/CCCCCC. The fourth-order valence-corrected chi connectivity index (χ4v) is 3.38. The van der Waals surface area contributed by atoms with Gasteiger partial charge in [0.05, 0.1) is 6.61 Å². The van der Waals surface area contributed by atoms with Crippen molar-refractivity contribution in [1.29, 1.82) is 0 Å². The van der Waals surface area contributed by atoms with E-state index in [9.17, 15) is 14.7 Å². The number of nitrogens with one attached hydrogen (secondary N) is 2. The normalized spacial score (nSPS) is 11.6. The number of nitrogens with zero attached hydrogens (tertiary/aromatic N) is 1. The van der Waals surface area contributed by atoms with Gasteiger partial charge < -0.3 is 20.6 Å². The molecule has 0 bridgehead atoms. The number of carbonyl (C=O) groups excluding carboxylic acids is 2. The molecule has 0 aromatic heterocycles. The maximum atomic E-state index is 11.8. The van der Waals surface area contributed by atoms with E-state index in [0.717, 1.165) is 51.6 Å². The molecule has 0 spiro atoms. The van der Waals surface area contributed by atoms with Gasteiger partial charge in [0.1, 0.15) is 0 Å². The third-order valence-electron chi connectivity index (χ3n) is 5.30. The van der Waals surface area contributed by atoms with E-state index in [1.807, 2.05) is 12.2 Å². The molecule has 0 aliphatic rings. The second-order valence-corrected chi connectivity index (χ2v) is 8.36. The van der Waals surface area contributed by atoms with Crippen LogP contribution in [0.5, 0.6) is 0 Å². The first kappa shape index (κ1) is 30.3. The van der Waals surface area contributed by atoms with Crippen molar-refractivity contribution in [2.24, 2.45) is 0 Å². The molecule has 6 nitrogen and oxygen atoms in total. The molecular weight excluding hydrogens is 402 g/mol. The first-order chi connectivity index (χ1) is 15.6. The van der Waals surface area contributed by atoms with E-state index in [0.29, 0.717) is 19.6 Å². The van der Waals surface area contributed by atoms with Gasteiger partial charge in [-0.2, -0.15) is 0 Å². The summed E-state index contributed by atoms with van der Waals surface area (Å²) in [5.41, 5.74) is 0. The summed E-state index contributed by atoms with van der Waals surface area (Å²) in [7, 11) is 0. The molecule has 0 heterocycles. The van der Waals surface area contributed by atoms with E-state index < -0.39 is 0 Å². The lowest BCUT2D eigenvalue weighted by molar-refractivity contribution is -0.117. The van der Waals surface area contributed by atoms with Crippen LogP contribution in [0.2, 0.25) is 0 Å². The summed E-state index contributed by atoms with van der Waals surface area (Å²) in [6.07, 6.45) is 20.5. The second kappa shape index (κ2) is 24.0. The highest BCUT2D eigenvalue weighted by Gasteiger charge is 2.05. The Hall–Kier alpha value is -1.66. The summed E-state index contributed by atoms with van der Waals surface area (Å²) in [6, 6.07) is 0. The number of allylic oxidation sites excluding steroid dienone is 2. The molecule has 3 N–H and O–H groups in total. The van der Waals surface area contributed by atoms with E-state index in [4.69, 9.17) is 0 Å². The fraction of sp³-hybridized carbons (Fsp3) is 0.769. The summed E-state index contributed by atoms with van der Waals surface area (Å²) in [4.78, 5) is 25.8. The Morgan fingerprint density at radius 3 is 1.56 bits per heavy atom. The van der Waals surface area contributed by atoms with Crippen LogP contribution in [-0.4, -0.2) is 61.2 Å². The molecule has 0 rings (SSSR count). The Kier molecular flexibility index (Phi) is 22.7. The molecule has 0 aromatic carbocycles. The number of unbranched alkanes of at least 4 members (excludes halogenated alkanes) is 8. The van der Waals surface area contributed by atoms with E-state index in [-0.39, 0.29) is 18.4 Å². The predicted octanol–water partition coefficient (Wildman–Crippen LogP) is 4.35. The summed E-state index contributed by atoms with van der Waals surface area (Å²) in [5.74, 6) is -0.0642. The van der Waals surface area contributed by atoms with Crippen LogP contribution in [0.15, 0.2) is 24.3 Å². The van der Waals surface area contributed by atoms with Crippen LogP contribution in [0.4, 0.5) is 0 Å². The first-order valence-corrected chi connectivity index (χ1v) is 12.9. The van der Waals surface area contributed by atoms with Crippen molar-refractivity contribution in [2.45, 2.75) is 90.9 Å². The molecule has 0 radical (unpaired) electrons. The third-order valence-corrected chi connectivity index (χ3v) is 5.30. The average molecular weight is 452 g/mol. The number of hydrogen-bond donors (Lipinski definition) is 3. The molecule has 0 fully saturated rings. The predicted molar refractivity (Wildman–Crippen MR) is 135 cm³/mol. The minimum absolute atomic E-state index is 0.0321. The highest BCUT2D eigenvalue weighted by Crippen LogP contribution is 2.03. The number of rotatable bonds is 22. The Morgan fingerprint density at radius 2 is 1.16 bits per heavy atom. The molecule has 32 heavy (non-hydrogen) atoms. The van der Waals surface area contributed by atoms with Crippen molar-refractivity contribution in [3.8, 4) is 0 Å². The van der Waals surface area contributed by atoms with Crippen LogP contribution in [0.3, 0.4) is 0 Å². The Morgan fingerprint density at radius 1 is 0.688 bits per heavy atom. The van der Waals surface area contributed by atoms with Crippen molar-refractivity contribution in [3.63, 3.8) is 0 Å². The zero-order chi connectivity index (χ0) is 23.7. The van der Waals surface area contributed by atoms with Crippen LogP contribution >= 0.6 is 0 Å². The summed E-state index contributed by atoms with van der Waals surface area (Å²) < 4.78 is 0. The monoisotopic (exact) mass is 451 g/mol. The van der Waals surface area contributed by atoms with Gasteiger partial charge in [0.2, 0.25) is 11.8 Å². The smallest absolute Gasteiger partial charge is 0.243 e. The molecule has 0 aromatic rings. The molecule has 6 heteroatoms. The standard InChI is InChI=1S/C26H49N3O3/c1-3-5-7-9-11-13-17-25(31)27-19-15-21-29(23-24-30)22-16-20-28-26(32)18-14-12-10-8-6-4-2/h13-14,17-18,30H,3-12,15-16,19-24H2,1-2H3,(H,27,31)(H,28,32)/b17-13+,18-14+. The van der Waals surface area contributed by atoms with Crippen molar-refractivity contribution >= 4 is 11.8 Å². The van der Waals surface area contributed by atoms with Crippen molar-refractivity contribution in [3.05, 3.63) is 24.3 Å². The van der Waals surface area contributed by atoms with Gasteiger partial charge >= 0.3 is 0 Å². The minimum Gasteiger partial charge on any atom is -0.395 e. The van der Waals surface area contributed by atoms with Gasteiger partial charge in [-0.05, 0) is 63.8 Å². The quantitative estimate of drug-likeness (QED) is 0.169. The molecule has 0 aliphatic heterocycles. The molecule has 0 atom stereocenters. The van der Waals surface area contributed by atoms with Gasteiger partial charge in [-0.3, -0.25) is 9.59 Å². The number of aliphatic hydroxyl groups is 1. The molecular formula is C26H49N3O3. The van der Waals surface area contributed by atoms with Gasteiger partial charge in [-0.1, -0.05) is 64.5 Å². The maximum absolute atomic E-state index is 11.8. The molecule has 0 saturated heterocycles. The van der Waals surface area contributed by atoms with Crippen LogP contribution in [0.25, 0.3) is 0 Å². The lowest BCUT2D eigenvalue weighted by Gasteiger charge is -2.21. The molecule has 0 aliphatic carbocycles. The summed E-state index contributed by atoms with van der Waals surface area (Å²) in [6.45, 7) is 7.98. The van der Waals surface area contributed by atoms with Crippen LogP contribution in [-0.2, 0) is 9.59 Å². The molecule has 2 amide bonds. The lowest BCUT2D eigenvalue weighted by Crippen LogP contribution is -2.34. The van der Waals surface area contributed by atoms with Gasteiger partial charge in [0, 0.05) is 19.6 Å². The molecule has 186 valence electrons. The summed E-state index contributed by atoms with van der Waals surface area (Å²) in [5, 5.41) is 15.1.